The molecule has 1 spiro atoms. The number of hydrogen-bond donors (Lipinski definition) is 0. The number of nitrogens with zero attached hydrogens (tertiary/aromatic N) is 3. The molecule has 0 fully saturated rings. The summed E-state index contributed by atoms with van der Waals surface area (Å²) in [4.78, 5) is 9.23. The average molecular weight is 548 g/mol. The third kappa shape index (κ3) is 3.24. The van der Waals surface area contributed by atoms with Gasteiger partial charge in [0.05, 0.1) is 16.8 Å². The van der Waals surface area contributed by atoms with Crippen molar-refractivity contribution in [1.82, 2.24) is 9.97 Å². The van der Waals surface area contributed by atoms with Crippen molar-refractivity contribution in [2.75, 3.05) is 0 Å². The van der Waals surface area contributed by atoms with E-state index in [1.807, 2.05) is 18.2 Å². The molecule has 6 aromatic rings. The van der Waals surface area contributed by atoms with Gasteiger partial charge in [-0.3, -0.25) is 0 Å². The van der Waals surface area contributed by atoms with E-state index in [1.54, 1.807) is 12.3 Å². The maximum atomic E-state index is 9.38. The van der Waals surface area contributed by atoms with Crippen LogP contribution >= 0.6 is 0 Å². The van der Waals surface area contributed by atoms with Gasteiger partial charge >= 0.3 is 0 Å². The molecule has 0 bridgehead atoms. The molecule has 2 aromatic heterocycles. The summed E-state index contributed by atoms with van der Waals surface area (Å²) in [5.74, 6) is 0.503. The number of pyridine rings is 2. The van der Waals surface area contributed by atoms with E-state index < -0.39 is 0 Å². The van der Waals surface area contributed by atoms with Crippen LogP contribution in [0.5, 0.6) is 0 Å². The largest absolute Gasteiger partial charge is 0.248 e. The van der Waals surface area contributed by atoms with E-state index >= 15 is 0 Å². The molecular weight excluding hydrogens is 522 g/mol. The number of aromatic nitrogens is 2. The highest BCUT2D eigenvalue weighted by atomic mass is 14.7. The van der Waals surface area contributed by atoms with Crippen LogP contribution in [0, 0.1) is 17.2 Å². The number of nitriles is 1. The fourth-order valence-corrected chi connectivity index (χ4v) is 8.05. The van der Waals surface area contributed by atoms with Crippen LogP contribution in [0.4, 0.5) is 0 Å². The Balaban J connectivity index is 1.31. The first kappa shape index (κ1) is 24.1. The predicted molar refractivity (Wildman–Crippen MR) is 170 cm³/mol. The first-order valence-corrected chi connectivity index (χ1v) is 14.7. The summed E-state index contributed by atoms with van der Waals surface area (Å²) >= 11 is 0. The fourth-order valence-electron chi connectivity index (χ4n) is 8.05. The van der Waals surface area contributed by atoms with E-state index in [9.17, 15) is 5.26 Å². The first-order chi connectivity index (χ1) is 21.3. The number of rotatable bonds is 2. The average Bonchev–Trinajstić information content (AvgIpc) is 3.55. The van der Waals surface area contributed by atoms with Gasteiger partial charge in [0.25, 0.3) is 0 Å². The van der Waals surface area contributed by atoms with E-state index in [0.717, 1.165) is 22.5 Å². The molecule has 9 rings (SSSR count). The molecule has 200 valence electrons. The third-order valence-corrected chi connectivity index (χ3v) is 9.70. The van der Waals surface area contributed by atoms with Crippen molar-refractivity contribution in [2.24, 2.45) is 5.92 Å². The van der Waals surface area contributed by atoms with Crippen LogP contribution in [0.2, 0.25) is 0 Å². The smallest absolute Gasteiger partial charge is 0.141 e. The maximum Gasteiger partial charge on any atom is 0.141 e. The minimum atomic E-state index is -0.308. The van der Waals surface area contributed by atoms with Gasteiger partial charge in [-0.05, 0) is 74.8 Å². The minimum absolute atomic E-state index is 0.248. The normalized spacial score (nSPS) is 17.8. The zero-order chi connectivity index (χ0) is 28.5. The van der Waals surface area contributed by atoms with Gasteiger partial charge in [0.1, 0.15) is 11.8 Å². The molecule has 4 aromatic carbocycles. The van der Waals surface area contributed by atoms with Crippen LogP contribution in [0.1, 0.15) is 45.0 Å². The Hall–Kier alpha value is -5.59. The lowest BCUT2D eigenvalue weighted by atomic mass is 9.64. The molecule has 43 heavy (non-hydrogen) atoms. The van der Waals surface area contributed by atoms with Crippen molar-refractivity contribution >= 4 is 6.08 Å². The summed E-state index contributed by atoms with van der Waals surface area (Å²) in [6.07, 6.45) is 6.48. The number of allylic oxidation sites excluding steroid dienone is 1. The molecule has 0 radical (unpaired) electrons. The van der Waals surface area contributed by atoms with Crippen LogP contribution in [-0.2, 0) is 5.41 Å². The second-order valence-electron chi connectivity index (χ2n) is 11.6. The molecule has 2 atom stereocenters. The fraction of sp³-hybridized carbons (Fsp3) is 0.0750. The summed E-state index contributed by atoms with van der Waals surface area (Å²) in [6.45, 7) is 0. The highest BCUT2D eigenvalue weighted by Crippen LogP contribution is 2.66. The van der Waals surface area contributed by atoms with Crippen molar-refractivity contribution < 1.29 is 0 Å². The predicted octanol–water partition coefficient (Wildman–Crippen LogP) is 8.79. The van der Waals surface area contributed by atoms with Crippen LogP contribution < -0.4 is 0 Å². The van der Waals surface area contributed by atoms with Crippen LogP contribution in [-0.4, -0.2) is 9.97 Å². The van der Waals surface area contributed by atoms with Crippen molar-refractivity contribution in [1.29, 1.82) is 5.26 Å². The van der Waals surface area contributed by atoms with E-state index in [0.29, 0.717) is 5.69 Å². The van der Waals surface area contributed by atoms with Crippen molar-refractivity contribution in [3.8, 4) is 39.7 Å². The summed E-state index contributed by atoms with van der Waals surface area (Å²) in [5, 5.41) is 9.38. The molecule has 0 aliphatic heterocycles. The van der Waals surface area contributed by atoms with E-state index in [2.05, 4.69) is 120 Å². The lowest BCUT2D eigenvalue weighted by Crippen LogP contribution is -2.33. The van der Waals surface area contributed by atoms with Crippen molar-refractivity contribution in [3.05, 3.63) is 173 Å². The van der Waals surface area contributed by atoms with Gasteiger partial charge in [0.15, 0.2) is 0 Å². The SMILES string of the molecule is N#Cc1cc(-c2cccc(-c3ccc4c(c3)C3(c5ccccc5-c5ccccc53)C3C=Cc5ccccc5C43)n2)ccn1. The summed E-state index contributed by atoms with van der Waals surface area (Å²) in [5.41, 5.74) is 14.7. The van der Waals surface area contributed by atoms with Gasteiger partial charge in [0.2, 0.25) is 0 Å². The molecule has 3 aliphatic carbocycles. The summed E-state index contributed by atoms with van der Waals surface area (Å²) < 4.78 is 0. The Morgan fingerprint density at radius 2 is 1.33 bits per heavy atom. The standard InChI is InChI=1S/C40H25N3/c41-24-28-22-27(20-21-42-28)38-15-7-14-37(43-38)26-16-18-32-36(23-26)40(35-19-17-25-8-1-2-9-29(25)39(32)35)33-12-5-3-10-30(33)31-11-4-6-13-34(31)40/h1-23,35,39H. The van der Waals surface area contributed by atoms with E-state index in [1.165, 1.54) is 44.5 Å². The van der Waals surface area contributed by atoms with Gasteiger partial charge in [-0.1, -0.05) is 103 Å². The number of fused-ring (bicyclic) bond motifs is 12. The molecule has 2 heterocycles. The number of hydrogen-bond acceptors (Lipinski definition) is 3. The van der Waals surface area contributed by atoms with Crippen molar-refractivity contribution in [2.45, 2.75) is 11.3 Å². The molecule has 3 nitrogen and oxygen atoms in total. The molecular formula is C40H25N3. The Bertz CT molecular complexity index is 2140. The Morgan fingerprint density at radius 3 is 2.09 bits per heavy atom. The molecule has 0 amide bonds. The zero-order valence-electron chi connectivity index (χ0n) is 23.3. The third-order valence-electron chi connectivity index (χ3n) is 9.70. The maximum absolute atomic E-state index is 9.38. The second kappa shape index (κ2) is 8.95. The highest BCUT2D eigenvalue weighted by molar-refractivity contribution is 5.87. The van der Waals surface area contributed by atoms with Crippen LogP contribution in [0.3, 0.4) is 0 Å². The summed E-state index contributed by atoms with van der Waals surface area (Å²) in [7, 11) is 0. The molecule has 3 heteroatoms. The Morgan fingerprint density at radius 1 is 0.628 bits per heavy atom. The molecule has 0 saturated heterocycles. The first-order valence-electron chi connectivity index (χ1n) is 14.7. The topological polar surface area (TPSA) is 49.6 Å². The van der Waals surface area contributed by atoms with E-state index in [4.69, 9.17) is 4.98 Å². The number of benzene rings is 4. The van der Waals surface area contributed by atoms with Crippen LogP contribution in [0.15, 0.2) is 134 Å². The van der Waals surface area contributed by atoms with Gasteiger partial charge in [-0.2, -0.15) is 5.26 Å². The lowest BCUT2D eigenvalue weighted by Gasteiger charge is -2.37. The zero-order valence-corrected chi connectivity index (χ0v) is 23.3. The Labute approximate surface area is 250 Å². The molecule has 3 aliphatic rings. The second-order valence-corrected chi connectivity index (χ2v) is 11.6. The van der Waals surface area contributed by atoms with Crippen molar-refractivity contribution in [3.63, 3.8) is 0 Å². The molecule has 0 saturated carbocycles. The van der Waals surface area contributed by atoms with Crippen LogP contribution in [0.25, 0.3) is 39.7 Å². The van der Waals surface area contributed by atoms with Gasteiger partial charge in [-0.15, -0.1) is 0 Å². The monoisotopic (exact) mass is 547 g/mol. The Kier molecular flexibility index (Phi) is 5.01. The van der Waals surface area contributed by atoms with Gasteiger partial charge < -0.3 is 0 Å². The molecule has 2 unspecified atom stereocenters. The lowest BCUT2D eigenvalue weighted by molar-refractivity contribution is 0.460. The van der Waals surface area contributed by atoms with E-state index in [-0.39, 0.29) is 17.3 Å². The van der Waals surface area contributed by atoms with Gasteiger partial charge in [0, 0.05) is 29.2 Å². The highest BCUT2D eigenvalue weighted by Gasteiger charge is 2.58. The minimum Gasteiger partial charge on any atom is -0.248 e. The quantitative estimate of drug-likeness (QED) is 0.218. The summed E-state index contributed by atoms with van der Waals surface area (Å²) in [6, 6.07) is 45.8. The van der Waals surface area contributed by atoms with Gasteiger partial charge in [-0.25, -0.2) is 9.97 Å². The molecule has 0 N–H and O–H groups in total.